The highest BCUT2D eigenvalue weighted by Gasteiger charge is 2.94. The van der Waals surface area contributed by atoms with Gasteiger partial charge in [0.1, 0.15) is 30.2 Å². The Bertz CT molecular complexity index is 2520. The quantitative estimate of drug-likeness (QED) is 0.119. The first kappa shape index (κ1) is 49.9. The summed E-state index contributed by atoms with van der Waals surface area (Å²) in [4.78, 5) is 48.6. The fourth-order valence-corrected chi connectivity index (χ4v) is 20.1. The van der Waals surface area contributed by atoms with Gasteiger partial charge in [0.25, 0.3) is 0 Å². The number of hydrogen-bond donors (Lipinski definition) is 4. The number of carbonyl (C=O) groups is 3. The fraction of sp³-hybridized carbons (Fsp3) is 0.754. The zero-order chi connectivity index (χ0) is 51.2. The summed E-state index contributed by atoms with van der Waals surface area (Å²) >= 11 is 0. The highest BCUT2D eigenvalue weighted by molar-refractivity contribution is 5.93. The van der Waals surface area contributed by atoms with Crippen molar-refractivity contribution in [3.63, 3.8) is 0 Å². The molecule has 4 N–H and O–H groups in total. The van der Waals surface area contributed by atoms with Crippen molar-refractivity contribution < 1.29 is 53.1 Å². The molecule has 5 saturated carbocycles. The average Bonchev–Trinajstić information content (AvgIpc) is 3.88. The normalized spacial score (nSPS) is 45.4. The van der Waals surface area contributed by atoms with Gasteiger partial charge in [-0.05, 0) is 149 Å². The van der Waals surface area contributed by atoms with Crippen molar-refractivity contribution in [1.82, 2.24) is 10.2 Å². The first-order valence-electron chi connectivity index (χ1n) is 29.2. The van der Waals surface area contributed by atoms with Crippen LogP contribution in [0.15, 0.2) is 59.4 Å². The SMILES string of the molecule is CC(C)CC[C@]1(C)O[C@H]2C3(CCCC3)C(=O)OC[C@]23[C@H]2CC[C@@]4(C)[C@H](c5ccoc5C[C@@H]([C@@H]5CC[C@H]6[C@H](C=CN7CNC[C@@H]67)C5)[C@H](O)CO)OC(=O)[C@H]5O[C@]54[C@]2([C@H]2CCC[C@H](Cc4ccccc4)C2)[C@H](O)C(=O)[C@@H]31. The number of cyclic esters (lactones) is 2. The number of rotatable bonds is 12. The predicted octanol–water partition coefficient (Wildman–Crippen LogP) is 8.03. The number of allylic oxidation sites excluding steroid dienone is 1. The minimum absolute atomic E-state index is 0.0331. The van der Waals surface area contributed by atoms with Crippen LogP contribution >= 0.6 is 0 Å². The third-order valence-corrected chi connectivity index (χ3v) is 23.1. The number of hydrogen-bond acceptors (Lipinski definition) is 13. The Labute approximate surface area is 437 Å². The number of fused-ring (bicyclic) bond motifs is 5. The molecular formula is C61H82N2O11. The van der Waals surface area contributed by atoms with Gasteiger partial charge < -0.3 is 43.6 Å². The Balaban J connectivity index is 0.927. The van der Waals surface area contributed by atoms with E-state index in [9.17, 15) is 20.1 Å². The van der Waals surface area contributed by atoms with Crippen LogP contribution in [0.1, 0.15) is 147 Å². The molecule has 13 rings (SSSR count). The highest BCUT2D eigenvalue weighted by Crippen LogP contribution is 2.84. The van der Waals surface area contributed by atoms with Crippen LogP contribution in [0.5, 0.6) is 0 Å². The maximum Gasteiger partial charge on any atom is 0.339 e. The topological polar surface area (TPSA) is 181 Å². The number of aliphatic hydroxyl groups excluding tert-OH is 3. The minimum atomic E-state index is -1.48. The molecule has 0 unspecified atom stereocenters. The summed E-state index contributed by atoms with van der Waals surface area (Å²) in [5, 5.41) is 39.9. The molecule has 0 bridgehead atoms. The molecule has 3 spiro atoms. The van der Waals surface area contributed by atoms with Gasteiger partial charge in [0.15, 0.2) is 11.9 Å². The second-order valence-electron chi connectivity index (χ2n) is 26.8. The van der Waals surface area contributed by atoms with Crippen molar-refractivity contribution >= 4 is 17.7 Å². The minimum Gasteiger partial charge on any atom is -0.469 e. The third-order valence-electron chi connectivity index (χ3n) is 23.1. The molecular weight excluding hydrogens is 937 g/mol. The lowest BCUT2D eigenvalue weighted by atomic mass is 9.32. The van der Waals surface area contributed by atoms with Gasteiger partial charge in [-0.3, -0.25) is 14.9 Å². The predicted molar refractivity (Wildman–Crippen MR) is 272 cm³/mol. The van der Waals surface area contributed by atoms with Crippen LogP contribution in [0.3, 0.4) is 0 Å². The molecule has 19 atom stereocenters. The second-order valence-corrected chi connectivity index (χ2v) is 26.8. The molecule has 7 heterocycles. The van der Waals surface area contributed by atoms with Crippen molar-refractivity contribution in [1.29, 1.82) is 0 Å². The average molecular weight is 1020 g/mol. The molecule has 13 heteroatoms. The number of epoxide rings is 1. The summed E-state index contributed by atoms with van der Waals surface area (Å²) < 4.78 is 34.8. The zero-order valence-corrected chi connectivity index (χ0v) is 44.3. The van der Waals surface area contributed by atoms with Gasteiger partial charge in [0, 0.05) is 40.8 Å². The van der Waals surface area contributed by atoms with Gasteiger partial charge >= 0.3 is 11.9 Å². The molecule has 74 heavy (non-hydrogen) atoms. The molecule has 5 aliphatic carbocycles. The number of aliphatic hydroxyl groups is 3. The maximum atomic E-state index is 16.5. The standard InChI is InChI=1S/C61H82N2O11/c1-35(2)17-24-57(4)49-48(66)50(67)60(40-14-10-13-37(28-40)27-36-11-6-5-7-12-36)47(59(49)33-71-55(69)58(54(59)74-57)21-8-9-22-58)18-23-56(3)51(72-53(68)52-61(56,60)73-52)42-20-26-70-46(42)30-43(45(65)32-64)38-15-16-41-39(29-38)19-25-63-34-62-31-44(41)63/h5-7,11-12,19-20,25-26,35,37-41,43-45,47,49-52,54,62,64-65,67H,8-10,13-18,21-24,27-34H2,1-4H3/t37-,38-,39-,40+,41+,43+,44+,45-,47-,49-,50-,51+,52-,54+,56+,57+,59-,60+,61-/m1/s1. The van der Waals surface area contributed by atoms with Gasteiger partial charge in [-0.1, -0.05) is 82.9 Å². The summed E-state index contributed by atoms with van der Waals surface area (Å²) in [5.41, 5.74) is -4.40. The molecule has 11 aliphatic rings. The first-order chi connectivity index (χ1) is 35.7. The summed E-state index contributed by atoms with van der Waals surface area (Å²) in [7, 11) is 0. The van der Waals surface area contributed by atoms with Gasteiger partial charge in [0.2, 0.25) is 0 Å². The van der Waals surface area contributed by atoms with Crippen molar-refractivity contribution in [2.75, 3.05) is 26.4 Å². The third kappa shape index (κ3) is 6.83. The fourth-order valence-electron chi connectivity index (χ4n) is 20.1. The van der Waals surface area contributed by atoms with Gasteiger partial charge in [0.05, 0.1) is 48.7 Å². The van der Waals surface area contributed by atoms with Crippen molar-refractivity contribution in [2.24, 2.45) is 74.9 Å². The van der Waals surface area contributed by atoms with E-state index in [0.29, 0.717) is 68.1 Å². The number of Topliss-reactive ketones (excluding diaryl/α,β-unsaturated/α-hetero) is 1. The number of nitrogens with zero attached hydrogens (tertiary/aromatic N) is 1. The van der Waals surface area contributed by atoms with Crippen molar-refractivity contribution in [3.8, 4) is 0 Å². The molecule has 402 valence electrons. The van der Waals surface area contributed by atoms with E-state index in [1.807, 2.05) is 12.1 Å². The number of benzene rings is 1. The van der Waals surface area contributed by atoms with E-state index in [1.54, 1.807) is 6.26 Å². The van der Waals surface area contributed by atoms with Crippen LogP contribution in [0.2, 0.25) is 0 Å². The Hall–Kier alpha value is -3.59. The Kier molecular flexibility index (Phi) is 12.1. The molecule has 2 aromatic rings. The van der Waals surface area contributed by atoms with E-state index in [4.69, 9.17) is 23.4 Å². The van der Waals surface area contributed by atoms with Crippen LogP contribution in [0.25, 0.3) is 0 Å². The Morgan fingerprint density at radius 2 is 1.73 bits per heavy atom. The largest absolute Gasteiger partial charge is 0.469 e. The molecule has 13 nitrogen and oxygen atoms in total. The molecule has 0 radical (unpaired) electrons. The van der Waals surface area contributed by atoms with Crippen LogP contribution in [-0.2, 0) is 46.2 Å². The van der Waals surface area contributed by atoms with Crippen LogP contribution in [0.4, 0.5) is 0 Å². The van der Waals surface area contributed by atoms with Crippen LogP contribution in [-0.4, -0.2) is 106 Å². The van der Waals surface area contributed by atoms with Crippen molar-refractivity contribution in [2.45, 2.75) is 185 Å². The van der Waals surface area contributed by atoms with Crippen LogP contribution in [0, 0.1) is 74.9 Å². The molecule has 10 fully saturated rings. The summed E-state index contributed by atoms with van der Waals surface area (Å²) in [6.07, 6.45) is 14.4. The lowest BCUT2D eigenvalue weighted by molar-refractivity contribution is -0.285. The number of ketones is 1. The molecule has 1 aromatic carbocycles. The highest BCUT2D eigenvalue weighted by atomic mass is 16.7. The number of carbonyl (C=O) groups excluding carboxylic acids is 3. The first-order valence-corrected chi connectivity index (χ1v) is 29.2. The van der Waals surface area contributed by atoms with E-state index in [0.717, 1.165) is 89.4 Å². The van der Waals surface area contributed by atoms with E-state index in [1.165, 1.54) is 5.56 Å². The van der Waals surface area contributed by atoms with E-state index >= 15 is 9.59 Å². The number of furan rings is 1. The Morgan fingerprint density at radius 3 is 2.51 bits per heavy atom. The number of ether oxygens (including phenoxy) is 4. The monoisotopic (exact) mass is 1020 g/mol. The van der Waals surface area contributed by atoms with E-state index < -0.39 is 81.2 Å². The summed E-state index contributed by atoms with van der Waals surface area (Å²) in [6.45, 7) is 10.1. The number of nitrogens with one attached hydrogen (secondary N) is 1. The van der Waals surface area contributed by atoms with Gasteiger partial charge in [-0.25, -0.2) is 4.79 Å². The summed E-state index contributed by atoms with van der Waals surface area (Å²) in [6, 6.07) is 13.0. The Morgan fingerprint density at radius 1 is 0.919 bits per heavy atom. The zero-order valence-electron chi connectivity index (χ0n) is 44.3. The lowest BCUT2D eigenvalue weighted by Gasteiger charge is -2.70. The second kappa shape index (κ2) is 18.0. The van der Waals surface area contributed by atoms with Crippen molar-refractivity contribution in [3.05, 3.63) is 71.8 Å². The maximum absolute atomic E-state index is 16.5. The lowest BCUT2D eigenvalue weighted by Crippen LogP contribution is -2.80. The van der Waals surface area contributed by atoms with Gasteiger partial charge in [-0.15, -0.1) is 0 Å². The number of esters is 2. The smallest absolute Gasteiger partial charge is 0.339 e. The molecule has 5 saturated heterocycles. The molecule has 0 amide bonds. The molecule has 6 aliphatic heterocycles. The summed E-state index contributed by atoms with van der Waals surface area (Å²) in [5.74, 6) is -0.372. The van der Waals surface area contributed by atoms with E-state index in [-0.39, 0.29) is 48.6 Å². The van der Waals surface area contributed by atoms with E-state index in [2.05, 4.69) is 74.5 Å². The van der Waals surface area contributed by atoms with Gasteiger partial charge in [-0.2, -0.15) is 0 Å². The molecule has 1 aromatic heterocycles. The van der Waals surface area contributed by atoms with Crippen LogP contribution < -0.4 is 5.32 Å².